The van der Waals surface area contributed by atoms with Crippen LogP contribution < -0.4 is 14.8 Å². The standard InChI is InChI=1S/C19H23N3O4/c1-21-6-2-3-15(21)16(22-7-9-24-10-8-22)12-20-19(23)14-4-5-17-18(11-14)26-13-25-17/h2-6,11,16H,7-10,12-13H2,1H3,(H,20,23). The Labute approximate surface area is 152 Å². The minimum absolute atomic E-state index is 0.108. The molecule has 138 valence electrons. The lowest BCUT2D eigenvalue weighted by molar-refractivity contribution is 0.0148. The molecule has 1 fully saturated rings. The second kappa shape index (κ2) is 7.39. The summed E-state index contributed by atoms with van der Waals surface area (Å²) in [7, 11) is 2.03. The van der Waals surface area contributed by atoms with Gasteiger partial charge in [-0.2, -0.15) is 0 Å². The van der Waals surface area contributed by atoms with Gasteiger partial charge in [-0.25, -0.2) is 0 Å². The van der Waals surface area contributed by atoms with E-state index in [1.807, 2.05) is 19.3 Å². The van der Waals surface area contributed by atoms with Crippen molar-refractivity contribution in [3.8, 4) is 11.5 Å². The summed E-state index contributed by atoms with van der Waals surface area (Å²) in [6.45, 7) is 3.89. The van der Waals surface area contributed by atoms with E-state index in [0.29, 0.717) is 23.6 Å². The van der Waals surface area contributed by atoms with Crippen molar-refractivity contribution in [2.75, 3.05) is 39.6 Å². The third-order valence-electron chi connectivity index (χ3n) is 4.90. The number of benzene rings is 1. The zero-order chi connectivity index (χ0) is 17.9. The van der Waals surface area contributed by atoms with Gasteiger partial charge in [-0.1, -0.05) is 0 Å². The van der Waals surface area contributed by atoms with Crippen LogP contribution in [0, 0.1) is 0 Å². The number of hydrogen-bond acceptors (Lipinski definition) is 5. The molecule has 0 bridgehead atoms. The summed E-state index contributed by atoms with van der Waals surface area (Å²) in [5.74, 6) is 1.18. The Morgan fingerprint density at radius 3 is 2.77 bits per heavy atom. The third kappa shape index (κ3) is 3.40. The van der Waals surface area contributed by atoms with Gasteiger partial charge in [0.25, 0.3) is 5.91 Å². The van der Waals surface area contributed by atoms with Gasteiger partial charge in [0.05, 0.1) is 19.3 Å². The fourth-order valence-corrected chi connectivity index (χ4v) is 3.46. The number of carbonyl (C=O) groups is 1. The van der Waals surface area contributed by atoms with Crippen molar-refractivity contribution >= 4 is 5.91 Å². The fraction of sp³-hybridized carbons (Fsp3) is 0.421. The molecule has 1 aromatic heterocycles. The molecule has 1 N–H and O–H groups in total. The number of ether oxygens (including phenoxy) is 3. The highest BCUT2D eigenvalue weighted by molar-refractivity contribution is 5.94. The van der Waals surface area contributed by atoms with Crippen LogP contribution in [0.4, 0.5) is 0 Å². The normalized spacial score (nSPS) is 17.9. The highest BCUT2D eigenvalue weighted by Crippen LogP contribution is 2.32. The summed E-state index contributed by atoms with van der Waals surface area (Å²) >= 11 is 0. The Morgan fingerprint density at radius 1 is 1.19 bits per heavy atom. The molecule has 1 aromatic carbocycles. The van der Waals surface area contributed by atoms with E-state index in [-0.39, 0.29) is 18.7 Å². The Morgan fingerprint density at radius 2 is 2.00 bits per heavy atom. The van der Waals surface area contributed by atoms with E-state index >= 15 is 0 Å². The van der Waals surface area contributed by atoms with Crippen molar-refractivity contribution in [1.29, 1.82) is 0 Å². The first-order chi connectivity index (χ1) is 12.7. The Bertz CT molecular complexity index is 783. The molecule has 0 aliphatic carbocycles. The zero-order valence-corrected chi connectivity index (χ0v) is 14.8. The van der Waals surface area contributed by atoms with Crippen LogP contribution in [-0.2, 0) is 11.8 Å². The molecule has 2 aliphatic heterocycles. The van der Waals surface area contributed by atoms with E-state index in [0.717, 1.165) is 26.3 Å². The molecule has 1 amide bonds. The predicted octanol–water partition coefficient (Wildman–Crippen LogP) is 1.56. The van der Waals surface area contributed by atoms with Gasteiger partial charge in [0.15, 0.2) is 11.5 Å². The number of aryl methyl sites for hydroxylation is 1. The summed E-state index contributed by atoms with van der Waals surface area (Å²) in [4.78, 5) is 15.0. The van der Waals surface area contributed by atoms with E-state index in [4.69, 9.17) is 14.2 Å². The molecule has 1 atom stereocenters. The molecule has 1 unspecified atom stereocenters. The second-order valence-electron chi connectivity index (χ2n) is 6.49. The van der Waals surface area contributed by atoms with Gasteiger partial charge in [0, 0.05) is 44.1 Å². The van der Waals surface area contributed by atoms with E-state index < -0.39 is 0 Å². The first-order valence-electron chi connectivity index (χ1n) is 8.83. The SMILES string of the molecule is Cn1cccc1C(CNC(=O)c1ccc2c(c1)OCO2)N1CCOCC1. The number of aromatic nitrogens is 1. The predicted molar refractivity (Wildman–Crippen MR) is 95.4 cm³/mol. The number of carbonyl (C=O) groups excluding carboxylic acids is 1. The first kappa shape index (κ1) is 16.9. The van der Waals surface area contributed by atoms with Crippen molar-refractivity contribution in [3.05, 3.63) is 47.8 Å². The number of nitrogens with zero attached hydrogens (tertiary/aromatic N) is 2. The summed E-state index contributed by atoms with van der Waals surface area (Å²) < 4.78 is 18.2. The topological polar surface area (TPSA) is 65.0 Å². The molecule has 0 saturated carbocycles. The molecule has 4 rings (SSSR count). The van der Waals surface area contributed by atoms with E-state index in [1.165, 1.54) is 5.69 Å². The Kier molecular flexibility index (Phi) is 4.81. The maximum Gasteiger partial charge on any atom is 0.251 e. The molecular formula is C19H23N3O4. The van der Waals surface area contributed by atoms with E-state index in [9.17, 15) is 4.79 Å². The van der Waals surface area contributed by atoms with Crippen molar-refractivity contribution in [1.82, 2.24) is 14.8 Å². The van der Waals surface area contributed by atoms with Crippen LogP contribution >= 0.6 is 0 Å². The number of morpholine rings is 1. The van der Waals surface area contributed by atoms with Crippen LogP contribution in [0.15, 0.2) is 36.5 Å². The van der Waals surface area contributed by atoms with Gasteiger partial charge in [-0.3, -0.25) is 9.69 Å². The molecule has 0 radical (unpaired) electrons. The number of amides is 1. The minimum Gasteiger partial charge on any atom is -0.454 e. The average molecular weight is 357 g/mol. The largest absolute Gasteiger partial charge is 0.454 e. The van der Waals surface area contributed by atoms with E-state index in [1.54, 1.807) is 18.2 Å². The van der Waals surface area contributed by atoms with Gasteiger partial charge in [0.2, 0.25) is 6.79 Å². The lowest BCUT2D eigenvalue weighted by Gasteiger charge is -2.35. The zero-order valence-electron chi connectivity index (χ0n) is 14.8. The molecule has 2 aromatic rings. The van der Waals surface area contributed by atoms with Crippen LogP contribution in [0.3, 0.4) is 0 Å². The quantitative estimate of drug-likeness (QED) is 0.880. The second-order valence-corrected chi connectivity index (χ2v) is 6.49. The van der Waals surface area contributed by atoms with E-state index in [2.05, 4.69) is 20.9 Å². The monoisotopic (exact) mass is 357 g/mol. The Balaban J connectivity index is 1.47. The molecule has 3 heterocycles. The number of hydrogen-bond donors (Lipinski definition) is 1. The number of fused-ring (bicyclic) bond motifs is 1. The first-order valence-corrected chi connectivity index (χ1v) is 8.83. The van der Waals surface area contributed by atoms with Gasteiger partial charge in [0.1, 0.15) is 0 Å². The van der Waals surface area contributed by atoms with Crippen molar-refractivity contribution in [2.45, 2.75) is 6.04 Å². The average Bonchev–Trinajstić information content (AvgIpc) is 3.31. The van der Waals surface area contributed by atoms with Gasteiger partial charge in [-0.05, 0) is 30.3 Å². The smallest absolute Gasteiger partial charge is 0.251 e. The number of rotatable bonds is 5. The maximum atomic E-state index is 12.6. The molecule has 7 heteroatoms. The van der Waals surface area contributed by atoms with Crippen molar-refractivity contribution < 1.29 is 19.0 Å². The maximum absolute atomic E-state index is 12.6. The van der Waals surface area contributed by atoms with Crippen molar-refractivity contribution in [3.63, 3.8) is 0 Å². The highest BCUT2D eigenvalue weighted by atomic mass is 16.7. The molecule has 26 heavy (non-hydrogen) atoms. The highest BCUT2D eigenvalue weighted by Gasteiger charge is 2.25. The lowest BCUT2D eigenvalue weighted by Crippen LogP contribution is -2.44. The molecule has 0 spiro atoms. The number of nitrogens with one attached hydrogen (secondary N) is 1. The summed E-state index contributed by atoms with van der Waals surface area (Å²) in [6.07, 6.45) is 2.03. The summed E-state index contributed by atoms with van der Waals surface area (Å²) in [6, 6.07) is 9.50. The van der Waals surface area contributed by atoms with Gasteiger partial charge >= 0.3 is 0 Å². The molecule has 2 aliphatic rings. The van der Waals surface area contributed by atoms with Crippen LogP contribution in [0.25, 0.3) is 0 Å². The van der Waals surface area contributed by atoms with Crippen LogP contribution in [0.5, 0.6) is 11.5 Å². The molecular weight excluding hydrogens is 334 g/mol. The van der Waals surface area contributed by atoms with Gasteiger partial charge in [-0.15, -0.1) is 0 Å². The molecule has 1 saturated heterocycles. The van der Waals surface area contributed by atoms with Crippen molar-refractivity contribution in [2.24, 2.45) is 7.05 Å². The minimum atomic E-state index is -0.115. The Hall–Kier alpha value is -2.51. The summed E-state index contributed by atoms with van der Waals surface area (Å²) in [5.41, 5.74) is 1.75. The van der Waals surface area contributed by atoms with Crippen LogP contribution in [0.2, 0.25) is 0 Å². The van der Waals surface area contributed by atoms with Crippen LogP contribution in [-0.4, -0.2) is 55.0 Å². The summed E-state index contributed by atoms with van der Waals surface area (Å²) in [5, 5.41) is 3.07. The third-order valence-corrected chi connectivity index (χ3v) is 4.90. The lowest BCUT2D eigenvalue weighted by atomic mass is 10.1. The fourth-order valence-electron chi connectivity index (χ4n) is 3.46. The van der Waals surface area contributed by atoms with Crippen LogP contribution in [0.1, 0.15) is 22.1 Å². The van der Waals surface area contributed by atoms with Gasteiger partial charge < -0.3 is 24.1 Å². The molecule has 7 nitrogen and oxygen atoms in total.